The topological polar surface area (TPSA) is 39.2 Å². The summed E-state index contributed by atoms with van der Waals surface area (Å²) in [4.78, 5) is 15.6. The van der Waals surface area contributed by atoms with Crippen LogP contribution in [0.15, 0.2) is 18.5 Å². The minimum atomic E-state index is 0.0334. The van der Waals surface area contributed by atoms with Crippen LogP contribution in [0, 0.1) is 0 Å². The predicted molar refractivity (Wildman–Crippen MR) is 54.4 cm³/mol. The van der Waals surface area contributed by atoms with Crippen molar-refractivity contribution in [1.29, 1.82) is 0 Å². The maximum atomic E-state index is 11.6. The molecule has 0 bridgehead atoms. The molecule has 0 aliphatic rings. The molecule has 3 heteroatoms. The average molecular weight is 193 g/mol. The van der Waals surface area contributed by atoms with Crippen molar-refractivity contribution < 1.29 is 9.53 Å². The molecule has 0 spiro atoms. The third-order valence-electron chi connectivity index (χ3n) is 2.02. The molecule has 1 aromatic heterocycles. The Hall–Kier alpha value is -1.22. The zero-order valence-electron chi connectivity index (χ0n) is 8.62. The number of ketones is 1. The average Bonchev–Trinajstić information content (AvgIpc) is 2.25. The van der Waals surface area contributed by atoms with E-state index in [0.29, 0.717) is 6.61 Å². The smallest absolute Gasteiger partial charge is 0.188 e. The first kappa shape index (κ1) is 10.9. The molecule has 0 atom stereocenters. The summed E-state index contributed by atoms with van der Waals surface area (Å²) in [6.45, 7) is 4.61. The van der Waals surface area contributed by atoms with Gasteiger partial charge >= 0.3 is 0 Å². The van der Waals surface area contributed by atoms with Crippen LogP contribution in [-0.4, -0.2) is 24.0 Å². The zero-order valence-corrected chi connectivity index (χ0v) is 8.62. The van der Waals surface area contributed by atoms with E-state index in [4.69, 9.17) is 4.74 Å². The summed E-state index contributed by atoms with van der Waals surface area (Å²) in [5.41, 5.74) is 1.72. The number of pyridine rings is 1. The molecule has 0 unspecified atom stereocenters. The fraction of sp³-hybridized carbons (Fsp3) is 0.455. The molecule has 0 radical (unpaired) electrons. The minimum Gasteiger partial charge on any atom is -0.374 e. The lowest BCUT2D eigenvalue weighted by atomic mass is 10.1. The van der Waals surface area contributed by atoms with Crippen LogP contribution in [0.1, 0.15) is 29.8 Å². The van der Waals surface area contributed by atoms with Crippen molar-refractivity contribution in [1.82, 2.24) is 4.98 Å². The Morgan fingerprint density at radius 1 is 1.50 bits per heavy atom. The highest BCUT2D eigenvalue weighted by molar-refractivity contribution is 5.98. The van der Waals surface area contributed by atoms with Crippen LogP contribution in [0.5, 0.6) is 0 Å². The summed E-state index contributed by atoms with van der Waals surface area (Å²) < 4.78 is 5.08. The lowest BCUT2D eigenvalue weighted by molar-refractivity contribution is 0.0782. The second-order valence-electron chi connectivity index (χ2n) is 2.95. The van der Waals surface area contributed by atoms with Gasteiger partial charge in [-0.25, -0.2) is 0 Å². The van der Waals surface area contributed by atoms with Gasteiger partial charge in [-0.05, 0) is 25.0 Å². The Morgan fingerprint density at radius 3 is 2.93 bits per heavy atom. The van der Waals surface area contributed by atoms with Gasteiger partial charge in [0.2, 0.25) is 0 Å². The number of nitrogens with zero attached hydrogens (tertiary/aromatic N) is 1. The molecule has 0 N–H and O–H groups in total. The summed E-state index contributed by atoms with van der Waals surface area (Å²) in [6.07, 6.45) is 4.19. The number of carbonyl (C=O) groups is 1. The highest BCUT2D eigenvalue weighted by atomic mass is 16.5. The summed E-state index contributed by atoms with van der Waals surface area (Å²) >= 11 is 0. The lowest BCUT2D eigenvalue weighted by Crippen LogP contribution is -2.11. The van der Waals surface area contributed by atoms with E-state index in [-0.39, 0.29) is 12.4 Å². The molecule has 1 rings (SSSR count). The van der Waals surface area contributed by atoms with Gasteiger partial charge < -0.3 is 4.74 Å². The summed E-state index contributed by atoms with van der Waals surface area (Å²) in [7, 11) is 0. The molecule has 1 heterocycles. The SMILES string of the molecule is CCOCC(=O)c1ccncc1CC. The molecule has 0 aromatic carbocycles. The predicted octanol–water partition coefficient (Wildman–Crippen LogP) is 1.86. The maximum Gasteiger partial charge on any atom is 0.188 e. The van der Waals surface area contributed by atoms with Crippen molar-refractivity contribution in [2.24, 2.45) is 0 Å². The fourth-order valence-electron chi connectivity index (χ4n) is 1.25. The Balaban J connectivity index is 2.78. The summed E-state index contributed by atoms with van der Waals surface area (Å²) in [5.74, 6) is 0.0334. The third kappa shape index (κ3) is 2.64. The zero-order chi connectivity index (χ0) is 10.4. The van der Waals surface area contributed by atoms with Gasteiger partial charge in [0.1, 0.15) is 6.61 Å². The van der Waals surface area contributed by atoms with Crippen molar-refractivity contribution in [3.8, 4) is 0 Å². The number of hydrogen-bond acceptors (Lipinski definition) is 3. The molecule has 76 valence electrons. The largest absolute Gasteiger partial charge is 0.374 e. The van der Waals surface area contributed by atoms with Crippen LogP contribution in [0.2, 0.25) is 0 Å². The highest BCUT2D eigenvalue weighted by Crippen LogP contribution is 2.08. The summed E-state index contributed by atoms with van der Waals surface area (Å²) in [6, 6.07) is 1.75. The molecule has 3 nitrogen and oxygen atoms in total. The van der Waals surface area contributed by atoms with Crippen molar-refractivity contribution >= 4 is 5.78 Å². The number of rotatable bonds is 5. The fourth-order valence-corrected chi connectivity index (χ4v) is 1.25. The first-order valence-corrected chi connectivity index (χ1v) is 4.83. The van der Waals surface area contributed by atoms with Crippen molar-refractivity contribution in [3.05, 3.63) is 29.6 Å². The maximum absolute atomic E-state index is 11.6. The van der Waals surface area contributed by atoms with E-state index in [0.717, 1.165) is 17.5 Å². The first-order chi connectivity index (χ1) is 6.79. The van der Waals surface area contributed by atoms with E-state index in [1.54, 1.807) is 18.5 Å². The second-order valence-corrected chi connectivity index (χ2v) is 2.95. The van der Waals surface area contributed by atoms with Crippen LogP contribution in [-0.2, 0) is 11.2 Å². The van der Waals surface area contributed by atoms with Gasteiger partial charge in [-0.2, -0.15) is 0 Å². The quantitative estimate of drug-likeness (QED) is 0.670. The van der Waals surface area contributed by atoms with E-state index in [1.165, 1.54) is 0 Å². The molecule has 1 aromatic rings. The highest BCUT2D eigenvalue weighted by Gasteiger charge is 2.09. The van der Waals surface area contributed by atoms with Crippen molar-refractivity contribution in [2.45, 2.75) is 20.3 Å². The summed E-state index contributed by atoms with van der Waals surface area (Å²) in [5, 5.41) is 0. The van der Waals surface area contributed by atoms with Crippen LogP contribution in [0.4, 0.5) is 0 Å². The first-order valence-electron chi connectivity index (χ1n) is 4.83. The molecule has 0 saturated heterocycles. The van der Waals surface area contributed by atoms with E-state index < -0.39 is 0 Å². The van der Waals surface area contributed by atoms with E-state index in [1.807, 2.05) is 13.8 Å². The third-order valence-corrected chi connectivity index (χ3v) is 2.02. The van der Waals surface area contributed by atoms with E-state index in [2.05, 4.69) is 4.98 Å². The Bertz CT molecular complexity index is 310. The standard InChI is InChI=1S/C11H15NO2/c1-3-9-7-12-6-5-10(9)11(13)8-14-4-2/h5-7H,3-4,8H2,1-2H3. The van der Waals surface area contributed by atoms with Gasteiger partial charge in [0, 0.05) is 24.6 Å². The van der Waals surface area contributed by atoms with Gasteiger partial charge in [-0.3, -0.25) is 9.78 Å². The number of Topliss-reactive ketones (excluding diaryl/α,β-unsaturated/α-hetero) is 1. The normalized spacial score (nSPS) is 10.1. The molecular formula is C11H15NO2. The Morgan fingerprint density at radius 2 is 2.29 bits per heavy atom. The Kier molecular flexibility index (Phi) is 4.26. The minimum absolute atomic E-state index is 0.0334. The molecule has 14 heavy (non-hydrogen) atoms. The molecule has 0 aliphatic carbocycles. The van der Waals surface area contributed by atoms with Crippen molar-refractivity contribution in [3.63, 3.8) is 0 Å². The van der Waals surface area contributed by atoms with Crippen molar-refractivity contribution in [2.75, 3.05) is 13.2 Å². The van der Waals surface area contributed by atoms with Crippen LogP contribution < -0.4 is 0 Å². The molecule has 0 saturated carbocycles. The van der Waals surface area contributed by atoms with Gasteiger partial charge in [0.05, 0.1) is 0 Å². The van der Waals surface area contributed by atoms with Crippen LogP contribution in [0.25, 0.3) is 0 Å². The number of aryl methyl sites for hydroxylation is 1. The number of aromatic nitrogens is 1. The molecular weight excluding hydrogens is 178 g/mol. The van der Waals surface area contributed by atoms with Crippen LogP contribution in [0.3, 0.4) is 0 Å². The van der Waals surface area contributed by atoms with Crippen LogP contribution >= 0.6 is 0 Å². The second kappa shape index (κ2) is 5.50. The molecule has 0 aliphatic heterocycles. The van der Waals surface area contributed by atoms with Gasteiger partial charge in [0.25, 0.3) is 0 Å². The molecule has 0 amide bonds. The Labute approximate surface area is 84.1 Å². The van der Waals surface area contributed by atoms with Gasteiger partial charge in [0.15, 0.2) is 5.78 Å². The lowest BCUT2D eigenvalue weighted by Gasteiger charge is -2.05. The van der Waals surface area contributed by atoms with Gasteiger partial charge in [-0.1, -0.05) is 6.92 Å². The van der Waals surface area contributed by atoms with Gasteiger partial charge in [-0.15, -0.1) is 0 Å². The number of hydrogen-bond donors (Lipinski definition) is 0. The van der Waals surface area contributed by atoms with E-state index in [9.17, 15) is 4.79 Å². The monoisotopic (exact) mass is 193 g/mol. The van der Waals surface area contributed by atoms with E-state index >= 15 is 0 Å². The number of ether oxygens (including phenoxy) is 1. The number of carbonyl (C=O) groups excluding carboxylic acids is 1. The molecule has 0 fully saturated rings.